The van der Waals surface area contributed by atoms with Crippen molar-refractivity contribution in [1.82, 2.24) is 14.8 Å². The number of aromatic nitrogens is 3. The maximum atomic E-state index is 11.5. The Hall–Kier alpha value is -1.96. The van der Waals surface area contributed by atoms with Crippen LogP contribution in [0, 0.1) is 11.8 Å². The molecule has 1 aliphatic rings. The van der Waals surface area contributed by atoms with Gasteiger partial charge in [-0.25, -0.2) is 0 Å². The number of rotatable bonds is 9. The highest BCUT2D eigenvalue weighted by Crippen LogP contribution is 2.29. The van der Waals surface area contributed by atoms with E-state index in [1.54, 1.807) is 18.0 Å². The van der Waals surface area contributed by atoms with Crippen molar-refractivity contribution >= 4 is 23.7 Å². The summed E-state index contributed by atoms with van der Waals surface area (Å²) >= 11 is 1.63. The van der Waals surface area contributed by atoms with E-state index < -0.39 is 0 Å². The van der Waals surface area contributed by atoms with Crippen LogP contribution < -0.4 is 4.90 Å². The third-order valence-corrected chi connectivity index (χ3v) is 5.86. The van der Waals surface area contributed by atoms with E-state index in [0.717, 1.165) is 42.1 Å². The summed E-state index contributed by atoms with van der Waals surface area (Å²) < 4.78 is 12.7. The second-order valence-electron chi connectivity index (χ2n) is 7.56. The zero-order chi connectivity index (χ0) is 19.9. The van der Waals surface area contributed by atoms with Crippen molar-refractivity contribution in [3.05, 3.63) is 24.2 Å². The van der Waals surface area contributed by atoms with E-state index in [1.807, 2.05) is 19.1 Å². The third-order valence-electron chi connectivity index (χ3n) is 4.80. The molecule has 2 aromatic heterocycles. The first-order valence-corrected chi connectivity index (χ1v) is 11.0. The summed E-state index contributed by atoms with van der Waals surface area (Å²) in [6.45, 7) is 9.44. The number of carbonyl (C=O) groups is 1. The Kier molecular flexibility index (Phi) is 7.42. The van der Waals surface area contributed by atoms with Gasteiger partial charge in [0.05, 0.1) is 19.4 Å². The predicted molar refractivity (Wildman–Crippen MR) is 110 cm³/mol. The van der Waals surface area contributed by atoms with Crippen molar-refractivity contribution in [1.29, 1.82) is 0 Å². The Morgan fingerprint density at radius 1 is 1.32 bits per heavy atom. The monoisotopic (exact) mass is 406 g/mol. The minimum Gasteiger partial charge on any atom is -0.467 e. The lowest BCUT2D eigenvalue weighted by atomic mass is 9.92. The van der Waals surface area contributed by atoms with Crippen LogP contribution in [-0.2, 0) is 16.1 Å². The van der Waals surface area contributed by atoms with Crippen LogP contribution in [0.1, 0.15) is 45.8 Å². The van der Waals surface area contributed by atoms with Crippen LogP contribution in [0.15, 0.2) is 28.0 Å². The summed E-state index contributed by atoms with van der Waals surface area (Å²) in [5.74, 6) is 3.71. The van der Waals surface area contributed by atoms with E-state index in [0.29, 0.717) is 31.4 Å². The first-order valence-electron chi connectivity index (χ1n) is 10.1. The predicted octanol–water partition coefficient (Wildman–Crippen LogP) is 3.84. The number of hydrogen-bond donors (Lipinski definition) is 0. The molecular formula is C20H30N4O3S. The Morgan fingerprint density at radius 2 is 2.11 bits per heavy atom. The van der Waals surface area contributed by atoms with Gasteiger partial charge >= 0.3 is 5.97 Å². The molecule has 3 rings (SSSR count). The molecule has 0 bridgehead atoms. The van der Waals surface area contributed by atoms with Crippen LogP contribution in [0.4, 0.5) is 5.95 Å². The van der Waals surface area contributed by atoms with Gasteiger partial charge in [-0.1, -0.05) is 25.6 Å². The standard InChI is InChI=1S/C20H30N4O3S/c1-4-26-18(25)8-6-10-28-20-22-21-19(23-12-15(2)11-16(3)13-23)24(20)14-17-7-5-9-27-17/h5,7,9,15-16H,4,6,8,10-14H2,1-3H3. The summed E-state index contributed by atoms with van der Waals surface area (Å²) in [6.07, 6.45) is 4.13. The average molecular weight is 407 g/mol. The summed E-state index contributed by atoms with van der Waals surface area (Å²) in [4.78, 5) is 13.9. The Balaban J connectivity index is 1.70. The Bertz CT molecular complexity index is 737. The smallest absolute Gasteiger partial charge is 0.305 e. The molecule has 7 nitrogen and oxygen atoms in total. The molecule has 2 atom stereocenters. The van der Waals surface area contributed by atoms with Gasteiger partial charge in [-0.05, 0) is 43.7 Å². The maximum Gasteiger partial charge on any atom is 0.305 e. The first-order chi connectivity index (χ1) is 13.6. The van der Waals surface area contributed by atoms with E-state index in [4.69, 9.17) is 9.15 Å². The Labute approximate surface area is 170 Å². The normalized spacial score (nSPS) is 19.8. The summed E-state index contributed by atoms with van der Waals surface area (Å²) in [5.41, 5.74) is 0. The summed E-state index contributed by atoms with van der Waals surface area (Å²) in [5, 5.41) is 9.83. The molecule has 3 heterocycles. The van der Waals surface area contributed by atoms with Crippen LogP contribution in [0.3, 0.4) is 0 Å². The lowest BCUT2D eigenvalue weighted by Gasteiger charge is -2.35. The summed E-state index contributed by atoms with van der Waals surface area (Å²) in [7, 11) is 0. The molecule has 0 N–H and O–H groups in total. The number of anilines is 1. The molecule has 1 fully saturated rings. The average Bonchev–Trinajstić information content (AvgIpc) is 3.29. The fraction of sp³-hybridized carbons (Fsp3) is 0.650. The maximum absolute atomic E-state index is 11.5. The number of thioether (sulfide) groups is 1. The minimum atomic E-state index is -0.142. The highest BCUT2D eigenvalue weighted by atomic mass is 32.2. The van der Waals surface area contributed by atoms with Crippen molar-refractivity contribution in [2.45, 2.75) is 51.7 Å². The molecule has 8 heteroatoms. The Morgan fingerprint density at radius 3 is 2.79 bits per heavy atom. The third kappa shape index (κ3) is 5.53. The molecule has 0 aromatic carbocycles. The molecule has 1 aliphatic heterocycles. The van der Waals surface area contributed by atoms with E-state index >= 15 is 0 Å². The van der Waals surface area contributed by atoms with Crippen LogP contribution in [0.2, 0.25) is 0 Å². The van der Waals surface area contributed by atoms with Crippen molar-refractivity contribution in [3.8, 4) is 0 Å². The first kappa shape index (κ1) is 20.8. The van der Waals surface area contributed by atoms with Crippen molar-refractivity contribution in [3.63, 3.8) is 0 Å². The molecule has 28 heavy (non-hydrogen) atoms. The van der Waals surface area contributed by atoms with Crippen LogP contribution in [0.5, 0.6) is 0 Å². The fourth-order valence-electron chi connectivity index (χ4n) is 3.76. The van der Waals surface area contributed by atoms with E-state index in [-0.39, 0.29) is 5.97 Å². The van der Waals surface area contributed by atoms with Gasteiger partial charge in [0, 0.05) is 25.3 Å². The van der Waals surface area contributed by atoms with Gasteiger partial charge in [0.1, 0.15) is 5.76 Å². The largest absolute Gasteiger partial charge is 0.467 e. The topological polar surface area (TPSA) is 73.4 Å². The second kappa shape index (κ2) is 10.0. The van der Waals surface area contributed by atoms with Gasteiger partial charge in [-0.2, -0.15) is 0 Å². The van der Waals surface area contributed by atoms with E-state index in [9.17, 15) is 4.79 Å². The molecule has 0 amide bonds. The SMILES string of the molecule is CCOC(=O)CCCSc1nnc(N2CC(C)CC(C)C2)n1Cc1ccco1. The lowest BCUT2D eigenvalue weighted by molar-refractivity contribution is -0.143. The molecule has 0 saturated carbocycles. The van der Waals surface area contributed by atoms with Gasteiger partial charge in [-0.3, -0.25) is 9.36 Å². The molecule has 0 radical (unpaired) electrons. The second-order valence-corrected chi connectivity index (χ2v) is 8.62. The molecule has 2 unspecified atom stereocenters. The summed E-state index contributed by atoms with van der Waals surface area (Å²) in [6, 6.07) is 3.87. The number of esters is 1. The number of hydrogen-bond acceptors (Lipinski definition) is 7. The van der Waals surface area contributed by atoms with Gasteiger partial charge in [-0.15, -0.1) is 10.2 Å². The molecule has 2 aromatic rings. The molecule has 0 spiro atoms. The highest BCUT2D eigenvalue weighted by Gasteiger charge is 2.27. The number of ether oxygens (including phenoxy) is 1. The number of piperidine rings is 1. The van der Waals surface area contributed by atoms with Gasteiger partial charge in [0.25, 0.3) is 0 Å². The minimum absolute atomic E-state index is 0.142. The van der Waals surface area contributed by atoms with Gasteiger partial charge in [0.15, 0.2) is 5.16 Å². The highest BCUT2D eigenvalue weighted by molar-refractivity contribution is 7.99. The zero-order valence-electron chi connectivity index (χ0n) is 17.0. The number of furan rings is 1. The number of nitrogens with zero attached hydrogens (tertiary/aromatic N) is 4. The van der Waals surface area contributed by atoms with Crippen LogP contribution in [0.25, 0.3) is 0 Å². The molecule has 0 aliphatic carbocycles. The van der Waals surface area contributed by atoms with Gasteiger partial charge in [0.2, 0.25) is 5.95 Å². The van der Waals surface area contributed by atoms with Crippen molar-refractivity contribution < 1.29 is 13.9 Å². The molecule has 154 valence electrons. The molecular weight excluding hydrogens is 376 g/mol. The number of carbonyl (C=O) groups excluding carboxylic acids is 1. The van der Waals surface area contributed by atoms with Crippen molar-refractivity contribution in [2.75, 3.05) is 30.3 Å². The van der Waals surface area contributed by atoms with E-state index in [2.05, 4.69) is 33.5 Å². The quantitative estimate of drug-likeness (QED) is 0.356. The van der Waals surface area contributed by atoms with Crippen LogP contribution in [-0.4, -0.2) is 46.2 Å². The van der Waals surface area contributed by atoms with E-state index in [1.165, 1.54) is 6.42 Å². The fourth-order valence-corrected chi connectivity index (χ4v) is 4.63. The van der Waals surface area contributed by atoms with Crippen molar-refractivity contribution in [2.24, 2.45) is 11.8 Å². The molecule has 1 saturated heterocycles. The lowest BCUT2D eigenvalue weighted by Crippen LogP contribution is -2.40. The van der Waals surface area contributed by atoms with Crippen LogP contribution >= 0.6 is 11.8 Å². The zero-order valence-corrected chi connectivity index (χ0v) is 17.8. The van der Waals surface area contributed by atoms with Gasteiger partial charge < -0.3 is 14.1 Å².